The van der Waals surface area contributed by atoms with Gasteiger partial charge in [-0.1, -0.05) is 18.2 Å². The van der Waals surface area contributed by atoms with Gasteiger partial charge in [-0.2, -0.15) is 0 Å². The number of amides is 2. The van der Waals surface area contributed by atoms with E-state index in [1.165, 1.54) is 0 Å². The monoisotopic (exact) mass is 326 g/mol. The van der Waals surface area contributed by atoms with Gasteiger partial charge >= 0.3 is 0 Å². The quantitative estimate of drug-likeness (QED) is 0.850. The molecule has 24 heavy (non-hydrogen) atoms. The van der Waals surface area contributed by atoms with Gasteiger partial charge in [0, 0.05) is 24.3 Å². The minimum absolute atomic E-state index is 0.00614. The number of nitrogens with zero attached hydrogens (tertiary/aromatic N) is 1. The van der Waals surface area contributed by atoms with Crippen molar-refractivity contribution in [1.82, 2.24) is 4.90 Å². The minimum Gasteiger partial charge on any atom is -0.484 e. The average molecular weight is 326 g/mol. The van der Waals surface area contributed by atoms with Gasteiger partial charge in [-0.3, -0.25) is 9.59 Å². The molecule has 1 N–H and O–H groups in total. The fourth-order valence-electron chi connectivity index (χ4n) is 2.25. The summed E-state index contributed by atoms with van der Waals surface area (Å²) in [6.07, 6.45) is 0. The Morgan fingerprint density at radius 3 is 2.17 bits per heavy atom. The number of benzene rings is 2. The van der Waals surface area contributed by atoms with Crippen LogP contribution in [0.25, 0.3) is 0 Å². The van der Waals surface area contributed by atoms with E-state index in [4.69, 9.17) is 4.74 Å². The van der Waals surface area contributed by atoms with E-state index in [0.29, 0.717) is 24.4 Å². The predicted molar refractivity (Wildman–Crippen MR) is 94.3 cm³/mol. The molecule has 0 aliphatic carbocycles. The summed E-state index contributed by atoms with van der Waals surface area (Å²) in [5, 5.41) is 2.75. The van der Waals surface area contributed by atoms with Crippen LogP contribution in [0.15, 0.2) is 54.6 Å². The Labute approximate surface area is 142 Å². The highest BCUT2D eigenvalue weighted by Crippen LogP contribution is 2.14. The molecule has 0 unspecified atom stereocenters. The van der Waals surface area contributed by atoms with E-state index in [1.807, 2.05) is 44.2 Å². The van der Waals surface area contributed by atoms with Gasteiger partial charge in [-0.25, -0.2) is 0 Å². The topological polar surface area (TPSA) is 58.6 Å². The molecular formula is C19H22N2O3. The van der Waals surface area contributed by atoms with Crippen LogP contribution in [0.2, 0.25) is 0 Å². The van der Waals surface area contributed by atoms with Gasteiger partial charge in [-0.15, -0.1) is 0 Å². The fourth-order valence-corrected chi connectivity index (χ4v) is 2.25. The van der Waals surface area contributed by atoms with Gasteiger partial charge in [0.25, 0.3) is 11.8 Å². The molecule has 2 aromatic carbocycles. The molecule has 0 fully saturated rings. The third kappa shape index (κ3) is 4.84. The van der Waals surface area contributed by atoms with Crippen molar-refractivity contribution >= 4 is 17.5 Å². The first-order valence-electron chi connectivity index (χ1n) is 8.01. The maximum Gasteiger partial charge on any atom is 0.262 e. The fraction of sp³-hybridized carbons (Fsp3) is 0.263. The summed E-state index contributed by atoms with van der Waals surface area (Å²) in [6, 6.07) is 16.0. The first kappa shape index (κ1) is 17.5. The van der Waals surface area contributed by atoms with Crippen molar-refractivity contribution in [3.05, 3.63) is 60.2 Å². The molecule has 2 rings (SSSR count). The van der Waals surface area contributed by atoms with Crippen LogP contribution in [0.5, 0.6) is 5.75 Å². The summed E-state index contributed by atoms with van der Waals surface area (Å²) in [7, 11) is 0. The summed E-state index contributed by atoms with van der Waals surface area (Å²) in [5.41, 5.74) is 1.34. The molecular weight excluding hydrogens is 304 g/mol. The second-order valence-corrected chi connectivity index (χ2v) is 5.20. The molecule has 0 atom stereocenters. The maximum absolute atomic E-state index is 12.2. The summed E-state index contributed by atoms with van der Waals surface area (Å²) in [6.45, 7) is 5.16. The lowest BCUT2D eigenvalue weighted by atomic mass is 10.2. The van der Waals surface area contributed by atoms with E-state index in [2.05, 4.69) is 5.32 Å². The number of carbonyl (C=O) groups is 2. The number of nitrogens with one attached hydrogen (secondary N) is 1. The van der Waals surface area contributed by atoms with E-state index in [-0.39, 0.29) is 18.4 Å². The summed E-state index contributed by atoms with van der Waals surface area (Å²) in [5.74, 6) is 0.312. The lowest BCUT2D eigenvalue weighted by molar-refractivity contribution is -0.118. The first-order valence-corrected chi connectivity index (χ1v) is 8.01. The molecule has 0 heterocycles. The van der Waals surface area contributed by atoms with E-state index in [0.717, 1.165) is 5.69 Å². The van der Waals surface area contributed by atoms with Gasteiger partial charge in [0.05, 0.1) is 0 Å². The lowest BCUT2D eigenvalue weighted by Gasteiger charge is -2.18. The number of ether oxygens (including phenoxy) is 1. The zero-order chi connectivity index (χ0) is 17.4. The Bertz CT molecular complexity index is 665. The third-order valence-electron chi connectivity index (χ3n) is 3.58. The maximum atomic E-state index is 12.2. The number of carbonyl (C=O) groups excluding carboxylic acids is 2. The molecule has 2 amide bonds. The van der Waals surface area contributed by atoms with E-state index >= 15 is 0 Å². The van der Waals surface area contributed by atoms with Crippen LogP contribution >= 0.6 is 0 Å². The lowest BCUT2D eigenvalue weighted by Crippen LogP contribution is -2.30. The molecule has 5 nitrogen and oxygen atoms in total. The number of rotatable bonds is 7. The van der Waals surface area contributed by atoms with Crippen molar-refractivity contribution in [2.75, 3.05) is 25.0 Å². The summed E-state index contributed by atoms with van der Waals surface area (Å²) in [4.78, 5) is 25.8. The van der Waals surface area contributed by atoms with E-state index < -0.39 is 0 Å². The van der Waals surface area contributed by atoms with Crippen LogP contribution in [0.1, 0.15) is 24.2 Å². The number of para-hydroxylation sites is 1. The molecule has 0 aliphatic rings. The minimum atomic E-state index is -0.232. The normalized spacial score (nSPS) is 10.1. The predicted octanol–water partition coefficient (Wildman–Crippen LogP) is 3.19. The Morgan fingerprint density at radius 1 is 0.958 bits per heavy atom. The summed E-state index contributed by atoms with van der Waals surface area (Å²) < 4.78 is 5.45. The van der Waals surface area contributed by atoms with Crippen molar-refractivity contribution in [3.8, 4) is 5.75 Å². The molecule has 0 spiro atoms. The van der Waals surface area contributed by atoms with Crippen molar-refractivity contribution in [2.45, 2.75) is 13.8 Å². The summed E-state index contributed by atoms with van der Waals surface area (Å²) >= 11 is 0. The zero-order valence-corrected chi connectivity index (χ0v) is 14.0. The number of hydrogen-bond donors (Lipinski definition) is 1. The zero-order valence-electron chi connectivity index (χ0n) is 14.0. The van der Waals surface area contributed by atoms with Crippen LogP contribution in [0.3, 0.4) is 0 Å². The van der Waals surface area contributed by atoms with Gasteiger partial charge in [0.1, 0.15) is 5.75 Å². The van der Waals surface area contributed by atoms with Crippen LogP contribution in [-0.4, -0.2) is 36.4 Å². The third-order valence-corrected chi connectivity index (χ3v) is 3.58. The highest BCUT2D eigenvalue weighted by Gasteiger charge is 2.12. The standard InChI is InChI=1S/C19H22N2O3/c1-3-21(4-2)19(23)15-10-12-17(13-11-15)24-14-18(22)20-16-8-6-5-7-9-16/h5-13H,3-4,14H2,1-2H3,(H,20,22). The van der Waals surface area contributed by atoms with Crippen LogP contribution < -0.4 is 10.1 Å². The Morgan fingerprint density at radius 2 is 1.58 bits per heavy atom. The average Bonchev–Trinajstić information content (AvgIpc) is 2.62. The second kappa shape index (κ2) is 8.72. The molecule has 0 radical (unpaired) electrons. The second-order valence-electron chi connectivity index (χ2n) is 5.20. The molecule has 0 bridgehead atoms. The first-order chi connectivity index (χ1) is 11.6. The molecule has 0 saturated heterocycles. The van der Waals surface area contributed by atoms with Gasteiger partial charge < -0.3 is 15.0 Å². The Balaban J connectivity index is 1.87. The van der Waals surface area contributed by atoms with Gasteiger partial charge in [-0.05, 0) is 50.2 Å². The Kier molecular flexibility index (Phi) is 6.37. The number of hydrogen-bond acceptors (Lipinski definition) is 3. The van der Waals surface area contributed by atoms with E-state index in [1.54, 1.807) is 29.2 Å². The molecule has 2 aromatic rings. The van der Waals surface area contributed by atoms with Crippen LogP contribution in [0, 0.1) is 0 Å². The highest BCUT2D eigenvalue weighted by atomic mass is 16.5. The SMILES string of the molecule is CCN(CC)C(=O)c1ccc(OCC(=O)Nc2ccccc2)cc1. The van der Waals surface area contributed by atoms with Crippen molar-refractivity contribution in [1.29, 1.82) is 0 Å². The molecule has 0 aliphatic heterocycles. The number of anilines is 1. The van der Waals surface area contributed by atoms with Crippen LogP contribution in [0.4, 0.5) is 5.69 Å². The smallest absolute Gasteiger partial charge is 0.262 e. The molecule has 0 saturated carbocycles. The molecule has 0 aromatic heterocycles. The Hall–Kier alpha value is -2.82. The van der Waals surface area contributed by atoms with Crippen LogP contribution in [-0.2, 0) is 4.79 Å². The van der Waals surface area contributed by atoms with Gasteiger partial charge in [0.15, 0.2) is 6.61 Å². The van der Waals surface area contributed by atoms with Crippen molar-refractivity contribution in [2.24, 2.45) is 0 Å². The largest absolute Gasteiger partial charge is 0.484 e. The molecule has 126 valence electrons. The van der Waals surface area contributed by atoms with Crippen molar-refractivity contribution < 1.29 is 14.3 Å². The molecule has 5 heteroatoms. The van der Waals surface area contributed by atoms with E-state index in [9.17, 15) is 9.59 Å². The highest BCUT2D eigenvalue weighted by molar-refractivity contribution is 5.94. The van der Waals surface area contributed by atoms with Crippen molar-refractivity contribution in [3.63, 3.8) is 0 Å². The van der Waals surface area contributed by atoms with Gasteiger partial charge in [0.2, 0.25) is 0 Å².